The molecule has 2 aliphatic carbocycles. The molecule has 0 amide bonds. The van der Waals surface area contributed by atoms with Gasteiger partial charge >= 0.3 is 0 Å². The molecule has 19 heavy (non-hydrogen) atoms. The van der Waals surface area contributed by atoms with E-state index in [9.17, 15) is 0 Å². The van der Waals surface area contributed by atoms with E-state index in [0.717, 1.165) is 23.8 Å². The molecule has 0 spiro atoms. The molecule has 3 rings (SSSR count). The summed E-state index contributed by atoms with van der Waals surface area (Å²) in [7, 11) is 0. The number of hydrogen-bond donors (Lipinski definition) is 2. The first-order valence-electron chi connectivity index (χ1n) is 7.08. The third kappa shape index (κ3) is 2.64. The van der Waals surface area contributed by atoms with Gasteiger partial charge in [0.2, 0.25) is 0 Å². The van der Waals surface area contributed by atoms with E-state index in [1.54, 1.807) is 0 Å². The molecular weight excluding hydrogens is 279 g/mol. The topological polar surface area (TPSA) is 38.0 Å². The van der Waals surface area contributed by atoms with E-state index in [1.807, 2.05) is 18.2 Å². The Morgan fingerprint density at radius 2 is 2.11 bits per heavy atom. The molecule has 0 radical (unpaired) electrons. The zero-order valence-corrected chi connectivity index (χ0v) is 12.4. The van der Waals surface area contributed by atoms with Gasteiger partial charge in [-0.2, -0.15) is 0 Å². The van der Waals surface area contributed by atoms with Crippen molar-refractivity contribution in [3.05, 3.63) is 33.8 Å². The first-order valence-corrected chi connectivity index (χ1v) is 7.83. The van der Waals surface area contributed by atoms with Gasteiger partial charge in [0, 0.05) is 6.04 Å². The van der Waals surface area contributed by atoms with Crippen LogP contribution in [0.5, 0.6) is 0 Å². The molecule has 0 aliphatic heterocycles. The van der Waals surface area contributed by atoms with Crippen molar-refractivity contribution in [2.24, 2.45) is 23.6 Å². The molecule has 2 saturated carbocycles. The summed E-state index contributed by atoms with van der Waals surface area (Å²) in [4.78, 5) is 0. The van der Waals surface area contributed by atoms with Gasteiger partial charge in [0.05, 0.1) is 10.0 Å². The molecule has 2 nitrogen and oxygen atoms in total. The standard InChI is InChI=1S/C15H20Cl2N2/c16-13-3-1-2-11(15(13)17)8-14(19-18)12-7-9-4-5-10(12)6-9/h1-3,9-10,12,14,19H,4-8,18H2. The van der Waals surface area contributed by atoms with Gasteiger partial charge in [-0.1, -0.05) is 41.8 Å². The largest absolute Gasteiger partial charge is 0.271 e. The van der Waals surface area contributed by atoms with Crippen LogP contribution in [-0.2, 0) is 6.42 Å². The second kappa shape index (κ2) is 5.61. The summed E-state index contributed by atoms with van der Waals surface area (Å²) in [6.07, 6.45) is 6.36. The van der Waals surface area contributed by atoms with E-state index in [1.165, 1.54) is 25.7 Å². The van der Waals surface area contributed by atoms with Crippen LogP contribution in [0.2, 0.25) is 10.0 Å². The van der Waals surface area contributed by atoms with E-state index in [2.05, 4.69) is 5.43 Å². The van der Waals surface area contributed by atoms with E-state index >= 15 is 0 Å². The van der Waals surface area contributed by atoms with E-state index in [4.69, 9.17) is 29.0 Å². The highest BCUT2D eigenvalue weighted by Crippen LogP contribution is 2.50. The van der Waals surface area contributed by atoms with Crippen molar-refractivity contribution in [1.29, 1.82) is 0 Å². The van der Waals surface area contributed by atoms with Crippen LogP contribution in [0.15, 0.2) is 18.2 Å². The summed E-state index contributed by atoms with van der Waals surface area (Å²) < 4.78 is 0. The minimum Gasteiger partial charge on any atom is -0.271 e. The molecule has 2 aliphatic rings. The van der Waals surface area contributed by atoms with Crippen molar-refractivity contribution in [1.82, 2.24) is 5.43 Å². The van der Waals surface area contributed by atoms with Crippen molar-refractivity contribution >= 4 is 23.2 Å². The number of rotatable bonds is 4. The normalized spacial score (nSPS) is 30.8. The summed E-state index contributed by atoms with van der Waals surface area (Å²) in [6, 6.07) is 6.14. The molecule has 0 aromatic heterocycles. The second-order valence-corrected chi connectivity index (χ2v) is 6.81. The Morgan fingerprint density at radius 3 is 2.74 bits per heavy atom. The molecule has 4 heteroatoms. The zero-order chi connectivity index (χ0) is 13.4. The fourth-order valence-electron chi connectivity index (χ4n) is 4.06. The SMILES string of the molecule is NNC(Cc1cccc(Cl)c1Cl)C1CC2CCC1C2. The van der Waals surface area contributed by atoms with Gasteiger partial charge in [0.15, 0.2) is 0 Å². The number of halogens is 2. The Balaban J connectivity index is 1.75. The van der Waals surface area contributed by atoms with Crippen molar-refractivity contribution < 1.29 is 0 Å². The van der Waals surface area contributed by atoms with Crippen LogP contribution in [0.3, 0.4) is 0 Å². The summed E-state index contributed by atoms with van der Waals surface area (Å²) in [6.45, 7) is 0. The Morgan fingerprint density at radius 1 is 1.26 bits per heavy atom. The third-order valence-electron chi connectivity index (χ3n) is 5.00. The third-order valence-corrected chi connectivity index (χ3v) is 5.85. The summed E-state index contributed by atoms with van der Waals surface area (Å²) in [5.41, 5.74) is 4.12. The number of fused-ring (bicyclic) bond motifs is 2. The molecule has 2 fully saturated rings. The van der Waals surface area contributed by atoms with Crippen LogP contribution in [0.4, 0.5) is 0 Å². The maximum atomic E-state index is 6.28. The van der Waals surface area contributed by atoms with Crippen LogP contribution in [0.25, 0.3) is 0 Å². The van der Waals surface area contributed by atoms with Crippen molar-refractivity contribution in [2.45, 2.75) is 38.1 Å². The van der Waals surface area contributed by atoms with Gasteiger partial charge in [0.1, 0.15) is 0 Å². The Hall–Kier alpha value is -0.280. The zero-order valence-electron chi connectivity index (χ0n) is 10.9. The Kier molecular flexibility index (Phi) is 4.04. The molecule has 2 bridgehead atoms. The molecule has 1 aromatic carbocycles. The minimum atomic E-state index is 0.311. The smallest absolute Gasteiger partial charge is 0.0624 e. The van der Waals surface area contributed by atoms with E-state index in [-0.39, 0.29) is 0 Å². The highest BCUT2D eigenvalue weighted by atomic mass is 35.5. The van der Waals surface area contributed by atoms with Crippen LogP contribution in [-0.4, -0.2) is 6.04 Å². The van der Waals surface area contributed by atoms with Gasteiger partial charge in [-0.15, -0.1) is 0 Å². The van der Waals surface area contributed by atoms with Crippen molar-refractivity contribution in [2.75, 3.05) is 0 Å². The summed E-state index contributed by atoms with van der Waals surface area (Å²) in [5, 5.41) is 1.30. The fraction of sp³-hybridized carbons (Fsp3) is 0.600. The molecule has 4 unspecified atom stereocenters. The first kappa shape index (κ1) is 13.7. The van der Waals surface area contributed by atoms with E-state index < -0.39 is 0 Å². The number of benzene rings is 1. The summed E-state index contributed by atoms with van der Waals surface area (Å²) >= 11 is 12.4. The molecule has 0 heterocycles. The molecular formula is C15H20Cl2N2. The number of nitrogens with one attached hydrogen (secondary N) is 1. The molecule has 1 aromatic rings. The lowest BCUT2D eigenvalue weighted by molar-refractivity contribution is 0.248. The highest BCUT2D eigenvalue weighted by molar-refractivity contribution is 6.42. The van der Waals surface area contributed by atoms with Gasteiger partial charge in [-0.05, 0) is 55.1 Å². The molecule has 104 valence electrons. The maximum Gasteiger partial charge on any atom is 0.0624 e. The second-order valence-electron chi connectivity index (χ2n) is 6.03. The van der Waals surface area contributed by atoms with Gasteiger partial charge < -0.3 is 0 Å². The van der Waals surface area contributed by atoms with Gasteiger partial charge in [0.25, 0.3) is 0 Å². The monoisotopic (exact) mass is 298 g/mol. The van der Waals surface area contributed by atoms with Crippen LogP contribution in [0, 0.1) is 17.8 Å². The Bertz CT molecular complexity index is 463. The summed E-state index contributed by atoms with van der Waals surface area (Å²) in [5.74, 6) is 8.27. The van der Waals surface area contributed by atoms with Gasteiger partial charge in [-0.3, -0.25) is 11.3 Å². The predicted molar refractivity (Wildman–Crippen MR) is 80.2 cm³/mol. The quantitative estimate of drug-likeness (QED) is 0.655. The van der Waals surface area contributed by atoms with Crippen LogP contribution in [0.1, 0.15) is 31.2 Å². The lowest BCUT2D eigenvalue weighted by Gasteiger charge is -2.30. The predicted octanol–water partition coefficient (Wildman–Crippen LogP) is 3.80. The van der Waals surface area contributed by atoms with Crippen LogP contribution >= 0.6 is 23.2 Å². The average molecular weight is 299 g/mol. The maximum absolute atomic E-state index is 6.28. The minimum absolute atomic E-state index is 0.311. The lowest BCUT2D eigenvalue weighted by Crippen LogP contribution is -2.44. The highest BCUT2D eigenvalue weighted by Gasteiger charge is 2.42. The number of nitrogens with two attached hydrogens (primary N) is 1. The first-order chi connectivity index (χ1) is 9.19. The van der Waals surface area contributed by atoms with E-state index in [0.29, 0.717) is 22.0 Å². The molecule has 0 saturated heterocycles. The number of hydrogen-bond acceptors (Lipinski definition) is 2. The lowest BCUT2D eigenvalue weighted by atomic mass is 9.81. The fourth-order valence-corrected chi connectivity index (χ4v) is 4.46. The van der Waals surface area contributed by atoms with Crippen LogP contribution < -0.4 is 11.3 Å². The Labute approximate surface area is 124 Å². The molecule has 3 N–H and O–H groups in total. The molecule has 4 atom stereocenters. The van der Waals surface area contributed by atoms with Crippen molar-refractivity contribution in [3.8, 4) is 0 Å². The number of hydrazine groups is 1. The average Bonchev–Trinajstić information content (AvgIpc) is 3.03. The van der Waals surface area contributed by atoms with Crippen molar-refractivity contribution in [3.63, 3.8) is 0 Å². The van der Waals surface area contributed by atoms with Gasteiger partial charge in [-0.25, -0.2) is 0 Å².